The number of ketones is 1. The van der Waals surface area contributed by atoms with Crippen molar-refractivity contribution in [2.24, 2.45) is 0 Å². The van der Waals surface area contributed by atoms with Crippen molar-refractivity contribution in [2.75, 3.05) is 13.1 Å². The second-order valence-corrected chi connectivity index (χ2v) is 8.01. The third-order valence-electron chi connectivity index (χ3n) is 5.75. The van der Waals surface area contributed by atoms with E-state index in [-0.39, 0.29) is 11.7 Å². The van der Waals surface area contributed by atoms with Gasteiger partial charge in [0.25, 0.3) is 5.91 Å². The third-order valence-corrected chi connectivity index (χ3v) is 5.75. The molecule has 4 nitrogen and oxygen atoms in total. The van der Waals surface area contributed by atoms with Crippen molar-refractivity contribution < 1.29 is 14.3 Å². The number of aryl methyl sites for hydroxylation is 3. The maximum atomic E-state index is 12.8. The first kappa shape index (κ1) is 17.8. The number of Topliss-reactive ketones (excluding diaryl/α,β-unsaturated/α-hetero) is 1. The summed E-state index contributed by atoms with van der Waals surface area (Å²) in [7, 11) is 0. The average Bonchev–Trinajstić information content (AvgIpc) is 2.63. The van der Waals surface area contributed by atoms with E-state index >= 15 is 0 Å². The van der Waals surface area contributed by atoms with Gasteiger partial charge in [0.15, 0.2) is 5.78 Å². The Morgan fingerprint density at radius 2 is 1.78 bits per heavy atom. The molecular weight excluding hydrogens is 338 g/mol. The van der Waals surface area contributed by atoms with E-state index in [1.165, 1.54) is 0 Å². The molecule has 0 aromatic heterocycles. The summed E-state index contributed by atoms with van der Waals surface area (Å²) in [5.74, 6) is 0.944. The van der Waals surface area contributed by atoms with Gasteiger partial charge in [0, 0.05) is 31.5 Å². The highest BCUT2D eigenvalue weighted by Gasteiger charge is 2.44. The van der Waals surface area contributed by atoms with Crippen molar-refractivity contribution in [3.05, 3.63) is 64.2 Å². The Kier molecular flexibility index (Phi) is 4.29. The van der Waals surface area contributed by atoms with Crippen LogP contribution in [-0.2, 0) is 0 Å². The first-order valence-electron chi connectivity index (χ1n) is 9.56. The molecule has 0 bridgehead atoms. The lowest BCUT2D eigenvalue weighted by Crippen LogP contribution is -2.52. The number of likely N-dealkylation sites (tertiary alicyclic amines) is 1. The van der Waals surface area contributed by atoms with Crippen LogP contribution in [0.4, 0.5) is 0 Å². The number of carbonyl (C=O) groups is 2. The summed E-state index contributed by atoms with van der Waals surface area (Å²) >= 11 is 0. The zero-order valence-corrected chi connectivity index (χ0v) is 16.2. The maximum Gasteiger partial charge on any atom is 0.253 e. The van der Waals surface area contributed by atoms with Crippen molar-refractivity contribution in [3.63, 3.8) is 0 Å². The summed E-state index contributed by atoms with van der Waals surface area (Å²) in [6, 6.07) is 11.7. The summed E-state index contributed by atoms with van der Waals surface area (Å²) in [4.78, 5) is 27.5. The Balaban J connectivity index is 1.52. The summed E-state index contributed by atoms with van der Waals surface area (Å²) < 4.78 is 6.41. The number of benzene rings is 2. The normalized spacial score (nSPS) is 18.2. The summed E-state index contributed by atoms with van der Waals surface area (Å²) in [5, 5.41) is 0. The van der Waals surface area contributed by atoms with E-state index in [1.54, 1.807) is 0 Å². The molecule has 0 aliphatic carbocycles. The standard InChI is InChI=1S/C23H25NO3/c1-15-5-4-6-18(12-15)22(26)24-9-7-23(8-10-24)14-20(25)19-13-16(2)11-17(3)21(19)27-23/h4-6,11-13H,7-10,14H2,1-3H3. The van der Waals surface area contributed by atoms with Gasteiger partial charge in [-0.15, -0.1) is 0 Å². The molecule has 1 spiro atoms. The molecule has 2 aromatic rings. The summed E-state index contributed by atoms with van der Waals surface area (Å²) in [5.41, 5.74) is 4.12. The van der Waals surface area contributed by atoms with Gasteiger partial charge in [0.1, 0.15) is 11.4 Å². The van der Waals surface area contributed by atoms with Gasteiger partial charge in [0.05, 0.1) is 12.0 Å². The van der Waals surface area contributed by atoms with Crippen LogP contribution >= 0.6 is 0 Å². The number of amides is 1. The lowest BCUT2D eigenvalue weighted by molar-refractivity contribution is -0.00619. The molecule has 1 saturated heterocycles. The summed E-state index contributed by atoms with van der Waals surface area (Å²) in [6.07, 6.45) is 1.77. The van der Waals surface area contributed by atoms with E-state index in [0.29, 0.717) is 37.9 Å². The van der Waals surface area contributed by atoms with Crippen LogP contribution in [0.1, 0.15) is 56.7 Å². The van der Waals surface area contributed by atoms with Gasteiger partial charge in [-0.05, 0) is 50.1 Å². The predicted molar refractivity (Wildman–Crippen MR) is 105 cm³/mol. The highest BCUT2D eigenvalue weighted by molar-refractivity contribution is 6.01. The van der Waals surface area contributed by atoms with E-state index in [2.05, 4.69) is 6.07 Å². The minimum atomic E-state index is -0.479. The predicted octanol–water partition coefficient (Wildman–Crippen LogP) is 4.25. The molecule has 4 heteroatoms. The van der Waals surface area contributed by atoms with Crippen LogP contribution in [0, 0.1) is 20.8 Å². The monoisotopic (exact) mass is 363 g/mol. The molecule has 0 radical (unpaired) electrons. The van der Waals surface area contributed by atoms with E-state index in [4.69, 9.17) is 4.74 Å². The zero-order chi connectivity index (χ0) is 19.2. The number of hydrogen-bond acceptors (Lipinski definition) is 3. The lowest BCUT2D eigenvalue weighted by atomic mass is 9.81. The molecule has 0 unspecified atom stereocenters. The SMILES string of the molecule is Cc1cccc(C(=O)N2CCC3(CC2)CC(=O)c2cc(C)cc(C)c2O3)c1. The van der Waals surface area contributed by atoms with E-state index in [9.17, 15) is 9.59 Å². The highest BCUT2D eigenvalue weighted by Crippen LogP contribution is 2.41. The molecule has 1 amide bonds. The van der Waals surface area contributed by atoms with Crippen molar-refractivity contribution in [3.8, 4) is 5.75 Å². The zero-order valence-electron chi connectivity index (χ0n) is 16.2. The van der Waals surface area contributed by atoms with Gasteiger partial charge < -0.3 is 9.64 Å². The first-order chi connectivity index (χ1) is 12.9. The van der Waals surface area contributed by atoms with Crippen molar-refractivity contribution in [2.45, 2.75) is 45.6 Å². The third kappa shape index (κ3) is 3.25. The van der Waals surface area contributed by atoms with E-state index < -0.39 is 5.60 Å². The molecule has 0 saturated carbocycles. The highest BCUT2D eigenvalue weighted by atomic mass is 16.5. The minimum Gasteiger partial charge on any atom is -0.486 e. The van der Waals surface area contributed by atoms with Crippen LogP contribution in [0.15, 0.2) is 36.4 Å². The largest absolute Gasteiger partial charge is 0.486 e. The van der Waals surface area contributed by atoms with Gasteiger partial charge in [-0.1, -0.05) is 23.8 Å². The van der Waals surface area contributed by atoms with Crippen molar-refractivity contribution in [1.29, 1.82) is 0 Å². The number of hydrogen-bond donors (Lipinski definition) is 0. The lowest BCUT2D eigenvalue weighted by Gasteiger charge is -2.44. The van der Waals surface area contributed by atoms with E-state index in [1.807, 2.05) is 56.0 Å². The second-order valence-electron chi connectivity index (χ2n) is 8.01. The van der Waals surface area contributed by atoms with Gasteiger partial charge >= 0.3 is 0 Å². The molecule has 1 fully saturated rings. The molecule has 2 aliphatic heterocycles. The molecular formula is C23H25NO3. The molecule has 2 aliphatic rings. The molecule has 2 heterocycles. The topological polar surface area (TPSA) is 46.6 Å². The second kappa shape index (κ2) is 6.52. The van der Waals surface area contributed by atoms with Crippen molar-refractivity contribution in [1.82, 2.24) is 4.90 Å². The number of rotatable bonds is 1. The Labute approximate surface area is 160 Å². The van der Waals surface area contributed by atoms with Crippen LogP contribution in [0.25, 0.3) is 0 Å². The number of fused-ring (bicyclic) bond motifs is 1. The van der Waals surface area contributed by atoms with Crippen LogP contribution in [0.5, 0.6) is 5.75 Å². The molecule has 140 valence electrons. The first-order valence-corrected chi connectivity index (χ1v) is 9.56. The molecule has 0 atom stereocenters. The van der Waals surface area contributed by atoms with Crippen LogP contribution < -0.4 is 4.74 Å². The number of nitrogens with zero attached hydrogens (tertiary/aromatic N) is 1. The van der Waals surface area contributed by atoms with Gasteiger partial charge in [-0.3, -0.25) is 9.59 Å². The van der Waals surface area contributed by atoms with Gasteiger partial charge in [-0.2, -0.15) is 0 Å². The van der Waals surface area contributed by atoms with Crippen LogP contribution in [0.2, 0.25) is 0 Å². The van der Waals surface area contributed by atoms with Gasteiger partial charge in [-0.25, -0.2) is 0 Å². The Morgan fingerprint density at radius 3 is 2.48 bits per heavy atom. The molecule has 4 rings (SSSR count). The number of piperidine rings is 1. The average molecular weight is 363 g/mol. The Bertz CT molecular complexity index is 923. The minimum absolute atomic E-state index is 0.0582. The molecule has 0 N–H and O–H groups in total. The Morgan fingerprint density at radius 1 is 1.04 bits per heavy atom. The van der Waals surface area contributed by atoms with Crippen LogP contribution in [0.3, 0.4) is 0 Å². The smallest absolute Gasteiger partial charge is 0.253 e. The van der Waals surface area contributed by atoms with Gasteiger partial charge in [0.2, 0.25) is 0 Å². The fraction of sp³-hybridized carbons (Fsp3) is 0.391. The number of carbonyl (C=O) groups excluding carboxylic acids is 2. The number of ether oxygens (including phenoxy) is 1. The Hall–Kier alpha value is -2.62. The van der Waals surface area contributed by atoms with E-state index in [0.717, 1.165) is 28.0 Å². The molecule has 2 aromatic carbocycles. The molecule has 27 heavy (non-hydrogen) atoms. The quantitative estimate of drug-likeness (QED) is 0.761. The fourth-order valence-corrected chi connectivity index (χ4v) is 4.29. The summed E-state index contributed by atoms with van der Waals surface area (Å²) in [6.45, 7) is 7.21. The fourth-order valence-electron chi connectivity index (χ4n) is 4.29. The van der Waals surface area contributed by atoms with Crippen molar-refractivity contribution >= 4 is 11.7 Å². The maximum absolute atomic E-state index is 12.8. The van der Waals surface area contributed by atoms with Crippen LogP contribution in [-0.4, -0.2) is 35.3 Å².